The van der Waals surface area contributed by atoms with Gasteiger partial charge in [-0.2, -0.15) is 0 Å². The fourth-order valence-corrected chi connectivity index (χ4v) is 3.21. The second kappa shape index (κ2) is 5.50. The van der Waals surface area contributed by atoms with Crippen LogP contribution in [0.3, 0.4) is 0 Å². The second-order valence-electron chi connectivity index (χ2n) is 6.22. The third-order valence-electron chi connectivity index (χ3n) is 4.46. The molecule has 0 spiro atoms. The van der Waals surface area contributed by atoms with Gasteiger partial charge in [-0.05, 0) is 41.8 Å². The highest BCUT2D eigenvalue weighted by molar-refractivity contribution is 5.38. The van der Waals surface area contributed by atoms with Crippen LogP contribution in [0, 0.1) is 13.8 Å². The van der Waals surface area contributed by atoms with Gasteiger partial charge < -0.3 is 5.32 Å². The third-order valence-corrected chi connectivity index (χ3v) is 4.46. The van der Waals surface area contributed by atoms with Gasteiger partial charge in [-0.1, -0.05) is 64.8 Å². The summed E-state index contributed by atoms with van der Waals surface area (Å²) >= 11 is 0. The number of nitrogens with one attached hydrogen (secondary N) is 1. The molecule has 2 aromatic carbocycles. The van der Waals surface area contributed by atoms with Crippen LogP contribution in [-0.4, -0.2) is 20.2 Å². The highest BCUT2D eigenvalue weighted by atomic mass is 15.6. The highest BCUT2D eigenvalue weighted by Crippen LogP contribution is 2.37. The van der Waals surface area contributed by atoms with Crippen LogP contribution in [0.1, 0.15) is 40.8 Å². The lowest BCUT2D eigenvalue weighted by Gasteiger charge is -2.31. The van der Waals surface area contributed by atoms with E-state index in [1.54, 1.807) is 0 Å². The lowest BCUT2D eigenvalue weighted by atomic mass is 9.92. The number of tetrazole rings is 1. The molecule has 0 radical (unpaired) electrons. The number of nitrogens with zero attached hydrogens (tertiary/aromatic N) is 4. The molecule has 0 unspecified atom stereocenters. The Balaban J connectivity index is 1.73. The monoisotopic (exact) mass is 305 g/mol. The van der Waals surface area contributed by atoms with Gasteiger partial charge in [0.05, 0.1) is 12.1 Å². The Kier molecular flexibility index (Phi) is 3.33. The third kappa shape index (κ3) is 2.59. The van der Waals surface area contributed by atoms with Crippen molar-refractivity contribution in [2.45, 2.75) is 32.4 Å². The summed E-state index contributed by atoms with van der Waals surface area (Å²) in [6, 6.07) is 17.6. The summed E-state index contributed by atoms with van der Waals surface area (Å²) in [5, 5.41) is 15.6. The number of fused-ring (bicyclic) bond motifs is 1. The SMILES string of the molecule is Cc1ccc([C@@H]2C[C@H](c3cccc(C)c3)n3nnnc3N2)cc1. The first-order valence-corrected chi connectivity index (χ1v) is 7.88. The van der Waals surface area contributed by atoms with Gasteiger partial charge in [0.1, 0.15) is 0 Å². The molecule has 0 fully saturated rings. The minimum atomic E-state index is 0.146. The molecule has 5 nitrogen and oxygen atoms in total. The molecule has 1 aromatic heterocycles. The van der Waals surface area contributed by atoms with E-state index >= 15 is 0 Å². The van der Waals surface area contributed by atoms with Crippen molar-refractivity contribution >= 4 is 5.95 Å². The van der Waals surface area contributed by atoms with E-state index in [0.29, 0.717) is 0 Å². The Bertz CT molecular complexity index is 821. The predicted molar refractivity (Wildman–Crippen MR) is 89.3 cm³/mol. The van der Waals surface area contributed by atoms with Crippen molar-refractivity contribution in [1.82, 2.24) is 20.2 Å². The molecule has 2 atom stereocenters. The smallest absolute Gasteiger partial charge is 0.243 e. The molecule has 116 valence electrons. The zero-order chi connectivity index (χ0) is 15.8. The van der Waals surface area contributed by atoms with Crippen LogP contribution in [0.5, 0.6) is 0 Å². The number of aromatic nitrogens is 4. The summed E-state index contributed by atoms with van der Waals surface area (Å²) in [6.07, 6.45) is 0.921. The average molecular weight is 305 g/mol. The standard InChI is InChI=1S/C18H19N5/c1-12-6-8-14(9-7-12)16-11-17(15-5-3-4-13(2)10-15)23-18(19-16)20-21-22-23/h3-10,16-17H,11H2,1-2H3,(H,19,20,22)/t16-,17+/m0/s1. The van der Waals surface area contributed by atoms with E-state index in [1.807, 2.05) is 4.68 Å². The van der Waals surface area contributed by atoms with E-state index in [1.165, 1.54) is 22.3 Å². The Morgan fingerprint density at radius 2 is 1.83 bits per heavy atom. The first-order valence-electron chi connectivity index (χ1n) is 7.88. The summed E-state index contributed by atoms with van der Waals surface area (Å²) in [6.45, 7) is 4.22. The number of anilines is 1. The van der Waals surface area contributed by atoms with Gasteiger partial charge in [0, 0.05) is 0 Å². The van der Waals surface area contributed by atoms with E-state index in [9.17, 15) is 0 Å². The van der Waals surface area contributed by atoms with Crippen molar-refractivity contribution in [3.8, 4) is 0 Å². The number of aryl methyl sites for hydroxylation is 2. The van der Waals surface area contributed by atoms with Gasteiger partial charge in [-0.15, -0.1) is 0 Å². The number of hydrogen-bond acceptors (Lipinski definition) is 4. The quantitative estimate of drug-likeness (QED) is 0.788. The van der Waals surface area contributed by atoms with Crippen LogP contribution in [0.4, 0.5) is 5.95 Å². The van der Waals surface area contributed by atoms with E-state index < -0.39 is 0 Å². The molecule has 4 rings (SSSR count). The molecule has 23 heavy (non-hydrogen) atoms. The van der Waals surface area contributed by atoms with Gasteiger partial charge in [0.2, 0.25) is 5.95 Å². The van der Waals surface area contributed by atoms with E-state index in [4.69, 9.17) is 0 Å². The van der Waals surface area contributed by atoms with Crippen LogP contribution in [0.15, 0.2) is 48.5 Å². The maximum absolute atomic E-state index is 4.18. The maximum atomic E-state index is 4.18. The Morgan fingerprint density at radius 3 is 2.61 bits per heavy atom. The van der Waals surface area contributed by atoms with Gasteiger partial charge in [-0.3, -0.25) is 0 Å². The Labute approximate surface area is 135 Å². The zero-order valence-corrected chi connectivity index (χ0v) is 13.3. The maximum Gasteiger partial charge on any atom is 0.243 e. The first-order chi connectivity index (χ1) is 11.2. The number of benzene rings is 2. The van der Waals surface area contributed by atoms with E-state index in [2.05, 4.69) is 83.2 Å². The van der Waals surface area contributed by atoms with Crippen LogP contribution in [-0.2, 0) is 0 Å². The van der Waals surface area contributed by atoms with Crippen molar-refractivity contribution in [3.05, 3.63) is 70.8 Å². The molecule has 0 amide bonds. The summed E-state index contributed by atoms with van der Waals surface area (Å²) < 4.78 is 1.89. The molecular formula is C18H19N5. The predicted octanol–water partition coefficient (Wildman–Crippen LogP) is 3.44. The molecule has 3 aromatic rings. The van der Waals surface area contributed by atoms with Crippen molar-refractivity contribution in [2.75, 3.05) is 5.32 Å². The van der Waals surface area contributed by atoms with E-state index in [-0.39, 0.29) is 12.1 Å². The molecule has 5 heteroatoms. The molecule has 2 heterocycles. The van der Waals surface area contributed by atoms with Crippen LogP contribution >= 0.6 is 0 Å². The second-order valence-corrected chi connectivity index (χ2v) is 6.22. The van der Waals surface area contributed by atoms with Gasteiger partial charge >= 0.3 is 0 Å². The minimum absolute atomic E-state index is 0.146. The lowest BCUT2D eigenvalue weighted by Crippen LogP contribution is -2.28. The van der Waals surface area contributed by atoms with Gasteiger partial charge in [0.25, 0.3) is 0 Å². The summed E-state index contributed by atoms with van der Waals surface area (Å²) in [5.41, 5.74) is 5.03. The summed E-state index contributed by atoms with van der Waals surface area (Å²) in [7, 11) is 0. The van der Waals surface area contributed by atoms with Crippen LogP contribution in [0.2, 0.25) is 0 Å². The zero-order valence-electron chi connectivity index (χ0n) is 13.3. The van der Waals surface area contributed by atoms with Crippen molar-refractivity contribution in [2.24, 2.45) is 0 Å². The Hall–Kier alpha value is -2.69. The fourth-order valence-electron chi connectivity index (χ4n) is 3.21. The summed E-state index contributed by atoms with van der Waals surface area (Å²) in [4.78, 5) is 0. The van der Waals surface area contributed by atoms with E-state index in [0.717, 1.165) is 12.4 Å². The molecular weight excluding hydrogens is 286 g/mol. The molecule has 1 aliphatic rings. The van der Waals surface area contributed by atoms with Crippen LogP contribution in [0.25, 0.3) is 0 Å². The molecule has 1 aliphatic heterocycles. The topological polar surface area (TPSA) is 55.6 Å². The highest BCUT2D eigenvalue weighted by Gasteiger charge is 2.30. The lowest BCUT2D eigenvalue weighted by molar-refractivity contribution is 0.423. The number of rotatable bonds is 2. The first kappa shape index (κ1) is 13.9. The normalized spacial score (nSPS) is 19.9. The van der Waals surface area contributed by atoms with Crippen LogP contribution < -0.4 is 5.32 Å². The molecule has 1 N–H and O–H groups in total. The van der Waals surface area contributed by atoms with Crippen molar-refractivity contribution in [3.63, 3.8) is 0 Å². The minimum Gasteiger partial charge on any atom is -0.346 e. The fraction of sp³-hybridized carbons (Fsp3) is 0.278. The molecule has 0 bridgehead atoms. The molecule has 0 aliphatic carbocycles. The average Bonchev–Trinajstić information content (AvgIpc) is 3.03. The van der Waals surface area contributed by atoms with Crippen molar-refractivity contribution in [1.29, 1.82) is 0 Å². The van der Waals surface area contributed by atoms with Gasteiger partial charge in [-0.25, -0.2) is 4.68 Å². The molecule has 0 saturated heterocycles. The summed E-state index contributed by atoms with van der Waals surface area (Å²) in [5.74, 6) is 0.730. The molecule has 0 saturated carbocycles. The van der Waals surface area contributed by atoms with Crippen molar-refractivity contribution < 1.29 is 0 Å². The Morgan fingerprint density at radius 1 is 1.00 bits per heavy atom. The number of hydrogen-bond donors (Lipinski definition) is 1. The van der Waals surface area contributed by atoms with Gasteiger partial charge in [0.15, 0.2) is 0 Å². The largest absolute Gasteiger partial charge is 0.346 e.